The summed E-state index contributed by atoms with van der Waals surface area (Å²) in [6, 6.07) is 4.75. The standard InChI is InChI=1S/C18H19N3O6S2/c1-18(2,3)16(22)12(8-19)20-21-14-13(9-28-15(14)17(23)26-4)29(24,25)10-11-6-5-7-27-11/h5-7,9,21H,10H2,1-4H3/b20-12+. The smallest absolute Gasteiger partial charge is 0.350 e. The summed E-state index contributed by atoms with van der Waals surface area (Å²) in [6.45, 7) is 4.85. The molecular weight excluding hydrogens is 418 g/mol. The molecule has 0 saturated carbocycles. The predicted molar refractivity (Wildman–Crippen MR) is 106 cm³/mol. The molecule has 0 radical (unpaired) electrons. The maximum Gasteiger partial charge on any atom is 0.350 e. The van der Waals surface area contributed by atoms with E-state index >= 15 is 0 Å². The second-order valence-electron chi connectivity index (χ2n) is 6.90. The van der Waals surface area contributed by atoms with Crippen molar-refractivity contribution in [2.75, 3.05) is 12.5 Å². The lowest BCUT2D eigenvalue weighted by molar-refractivity contribution is -0.119. The fraction of sp³-hybridized carbons (Fsp3) is 0.333. The molecule has 0 unspecified atom stereocenters. The third-order valence-electron chi connectivity index (χ3n) is 3.66. The molecule has 0 spiro atoms. The molecule has 2 heterocycles. The van der Waals surface area contributed by atoms with Crippen molar-refractivity contribution in [3.8, 4) is 6.07 Å². The van der Waals surface area contributed by atoms with Gasteiger partial charge in [-0.1, -0.05) is 20.8 Å². The Hall–Kier alpha value is -2.97. The van der Waals surface area contributed by atoms with Crippen LogP contribution in [0.4, 0.5) is 5.69 Å². The molecular formula is C18H19N3O6S2. The lowest BCUT2D eigenvalue weighted by Crippen LogP contribution is -2.28. The first-order chi connectivity index (χ1) is 13.5. The fourth-order valence-corrected chi connectivity index (χ4v) is 4.92. The third-order valence-corrected chi connectivity index (χ3v) is 6.42. The quantitative estimate of drug-likeness (QED) is 0.396. The lowest BCUT2D eigenvalue weighted by atomic mass is 9.88. The van der Waals surface area contributed by atoms with Crippen LogP contribution in [0.1, 0.15) is 36.2 Å². The van der Waals surface area contributed by atoms with Crippen LogP contribution in [0.2, 0.25) is 0 Å². The predicted octanol–water partition coefficient (Wildman–Crippen LogP) is 3.01. The normalized spacial score (nSPS) is 12.3. The Kier molecular flexibility index (Phi) is 6.61. The maximum atomic E-state index is 12.8. The van der Waals surface area contributed by atoms with Gasteiger partial charge in [0, 0.05) is 10.8 Å². The number of ketones is 1. The van der Waals surface area contributed by atoms with Crippen LogP contribution in [0.3, 0.4) is 0 Å². The van der Waals surface area contributed by atoms with Crippen LogP contribution in [0.25, 0.3) is 0 Å². The van der Waals surface area contributed by atoms with Crippen LogP contribution in [-0.2, 0) is 25.1 Å². The summed E-state index contributed by atoms with van der Waals surface area (Å²) in [4.78, 5) is 24.1. The Balaban J connectivity index is 2.50. The van der Waals surface area contributed by atoms with Gasteiger partial charge in [0.15, 0.2) is 15.6 Å². The number of hydrazone groups is 1. The van der Waals surface area contributed by atoms with E-state index in [0.29, 0.717) is 0 Å². The number of thiophene rings is 1. The number of ether oxygens (including phenoxy) is 1. The Bertz CT molecular complexity index is 1080. The van der Waals surface area contributed by atoms with Crippen LogP contribution in [-0.4, -0.2) is 33.0 Å². The van der Waals surface area contributed by atoms with E-state index < -0.39 is 38.5 Å². The molecule has 11 heteroatoms. The number of carbonyl (C=O) groups is 2. The van der Waals surface area contributed by atoms with Crippen LogP contribution in [0, 0.1) is 16.7 Å². The largest absolute Gasteiger partial charge is 0.468 e. The molecule has 0 atom stereocenters. The second kappa shape index (κ2) is 8.59. The van der Waals surface area contributed by atoms with E-state index in [1.165, 1.54) is 17.7 Å². The SMILES string of the molecule is COC(=O)c1scc(S(=O)(=O)Cc2ccco2)c1N/N=C(\C#N)C(=O)C(C)(C)C. The molecule has 0 aliphatic rings. The molecule has 0 fully saturated rings. The van der Waals surface area contributed by atoms with Gasteiger partial charge in [-0.05, 0) is 12.1 Å². The van der Waals surface area contributed by atoms with Gasteiger partial charge in [0.2, 0.25) is 5.71 Å². The molecule has 0 saturated heterocycles. The van der Waals surface area contributed by atoms with Gasteiger partial charge in [0.25, 0.3) is 0 Å². The van der Waals surface area contributed by atoms with Crippen molar-refractivity contribution in [1.29, 1.82) is 5.26 Å². The summed E-state index contributed by atoms with van der Waals surface area (Å²) in [5.41, 5.74) is 0.926. The van der Waals surface area contributed by atoms with Gasteiger partial charge in [-0.2, -0.15) is 10.4 Å². The zero-order valence-electron chi connectivity index (χ0n) is 16.2. The first-order valence-electron chi connectivity index (χ1n) is 8.24. The van der Waals surface area contributed by atoms with Crippen molar-refractivity contribution in [2.45, 2.75) is 31.4 Å². The Morgan fingerprint density at radius 1 is 1.38 bits per heavy atom. The number of hydrogen-bond acceptors (Lipinski definition) is 10. The number of Topliss-reactive ketones (excluding diaryl/α,β-unsaturated/α-hetero) is 1. The van der Waals surface area contributed by atoms with Gasteiger partial charge >= 0.3 is 5.97 Å². The van der Waals surface area contributed by atoms with Gasteiger partial charge < -0.3 is 9.15 Å². The molecule has 154 valence electrons. The molecule has 0 aromatic carbocycles. The van der Waals surface area contributed by atoms with E-state index in [2.05, 4.69) is 15.3 Å². The highest BCUT2D eigenvalue weighted by Crippen LogP contribution is 2.34. The summed E-state index contributed by atoms with van der Waals surface area (Å²) in [7, 11) is -2.78. The zero-order valence-corrected chi connectivity index (χ0v) is 17.8. The van der Waals surface area contributed by atoms with Gasteiger partial charge in [-0.25, -0.2) is 13.2 Å². The van der Waals surface area contributed by atoms with Crippen molar-refractivity contribution in [3.63, 3.8) is 0 Å². The number of furan rings is 1. The minimum Gasteiger partial charge on any atom is -0.468 e. The Morgan fingerprint density at radius 2 is 2.07 bits per heavy atom. The molecule has 0 aliphatic carbocycles. The van der Waals surface area contributed by atoms with Crippen LogP contribution >= 0.6 is 11.3 Å². The number of nitriles is 1. The molecule has 2 rings (SSSR count). The minimum atomic E-state index is -3.93. The topological polar surface area (TPSA) is 139 Å². The highest BCUT2D eigenvalue weighted by Gasteiger charge is 2.30. The summed E-state index contributed by atoms with van der Waals surface area (Å²) in [6.07, 6.45) is 1.35. The highest BCUT2D eigenvalue weighted by molar-refractivity contribution is 7.91. The van der Waals surface area contributed by atoms with Gasteiger partial charge in [-0.15, -0.1) is 11.3 Å². The summed E-state index contributed by atoms with van der Waals surface area (Å²) in [5.74, 6) is -1.55. The number of anilines is 1. The van der Waals surface area contributed by atoms with E-state index in [1.807, 2.05) is 0 Å². The summed E-state index contributed by atoms with van der Waals surface area (Å²) < 4.78 is 35.4. The van der Waals surface area contributed by atoms with Crippen molar-refractivity contribution in [1.82, 2.24) is 0 Å². The fourth-order valence-electron chi connectivity index (χ4n) is 2.17. The molecule has 2 aromatic rings. The van der Waals surface area contributed by atoms with E-state index in [-0.39, 0.29) is 21.2 Å². The molecule has 9 nitrogen and oxygen atoms in total. The summed E-state index contributed by atoms with van der Waals surface area (Å²) in [5, 5.41) is 14.3. The first kappa shape index (κ1) is 22.3. The van der Waals surface area contributed by atoms with Crippen molar-refractivity contribution in [2.24, 2.45) is 10.5 Å². The van der Waals surface area contributed by atoms with Crippen LogP contribution in [0.15, 0.2) is 38.2 Å². The number of sulfone groups is 1. The van der Waals surface area contributed by atoms with E-state index in [0.717, 1.165) is 18.4 Å². The van der Waals surface area contributed by atoms with E-state index in [9.17, 15) is 23.3 Å². The minimum absolute atomic E-state index is 0.0604. The zero-order chi connectivity index (χ0) is 21.8. The number of hydrogen-bond donors (Lipinski definition) is 1. The molecule has 0 bridgehead atoms. The lowest BCUT2D eigenvalue weighted by Gasteiger charge is -2.14. The molecule has 1 N–H and O–H groups in total. The van der Waals surface area contributed by atoms with Gasteiger partial charge in [-0.3, -0.25) is 10.2 Å². The van der Waals surface area contributed by atoms with Crippen LogP contribution in [0.5, 0.6) is 0 Å². The van der Waals surface area contributed by atoms with Crippen molar-refractivity contribution < 1.29 is 27.2 Å². The number of carbonyl (C=O) groups excluding carboxylic acids is 2. The summed E-state index contributed by atoms with van der Waals surface area (Å²) >= 11 is 0.838. The van der Waals surface area contributed by atoms with E-state index in [4.69, 9.17) is 4.42 Å². The number of methoxy groups -OCH3 is 1. The van der Waals surface area contributed by atoms with Gasteiger partial charge in [0.1, 0.15) is 33.0 Å². The monoisotopic (exact) mass is 437 g/mol. The second-order valence-corrected chi connectivity index (χ2v) is 9.73. The first-order valence-corrected chi connectivity index (χ1v) is 10.8. The van der Waals surface area contributed by atoms with Crippen molar-refractivity contribution >= 4 is 44.3 Å². The highest BCUT2D eigenvalue weighted by atomic mass is 32.2. The Labute approximate surface area is 171 Å². The maximum absolute atomic E-state index is 12.8. The number of esters is 1. The number of rotatable bonds is 7. The molecule has 2 aromatic heterocycles. The number of nitrogens with zero attached hydrogens (tertiary/aromatic N) is 2. The average molecular weight is 437 g/mol. The third kappa shape index (κ3) is 5.10. The van der Waals surface area contributed by atoms with Crippen molar-refractivity contribution in [3.05, 3.63) is 34.4 Å². The molecule has 0 amide bonds. The number of nitrogens with one attached hydrogen (secondary N) is 1. The van der Waals surface area contributed by atoms with Crippen LogP contribution < -0.4 is 5.43 Å². The van der Waals surface area contributed by atoms with E-state index in [1.54, 1.807) is 32.9 Å². The molecule has 0 aliphatic heterocycles. The Morgan fingerprint density at radius 3 is 2.59 bits per heavy atom. The average Bonchev–Trinajstić information content (AvgIpc) is 3.30. The molecule has 29 heavy (non-hydrogen) atoms. The van der Waals surface area contributed by atoms with Gasteiger partial charge in [0.05, 0.1) is 13.4 Å².